The van der Waals surface area contributed by atoms with E-state index in [0.717, 1.165) is 24.7 Å². The van der Waals surface area contributed by atoms with Crippen LogP contribution in [0.2, 0.25) is 0 Å². The molecule has 9 heteroatoms. The van der Waals surface area contributed by atoms with E-state index in [1.807, 2.05) is 0 Å². The molecule has 4 rings (SSSR count). The van der Waals surface area contributed by atoms with Crippen LogP contribution >= 0.6 is 0 Å². The van der Waals surface area contributed by atoms with Crippen LogP contribution in [0.5, 0.6) is 11.5 Å². The molecule has 2 saturated carbocycles. The number of carbonyl (C=O) groups excluding carboxylic acids is 2. The summed E-state index contributed by atoms with van der Waals surface area (Å²) in [6, 6.07) is 10.9. The van der Waals surface area contributed by atoms with Gasteiger partial charge in [0.05, 0.1) is 23.7 Å². The first-order chi connectivity index (χ1) is 16.9. The highest BCUT2D eigenvalue weighted by Crippen LogP contribution is 2.29. The van der Waals surface area contributed by atoms with Gasteiger partial charge in [-0.1, -0.05) is 0 Å². The predicted molar refractivity (Wildman–Crippen MR) is 125 cm³/mol. The first-order valence-corrected chi connectivity index (χ1v) is 11.9. The monoisotopic (exact) mass is 484 g/mol. The van der Waals surface area contributed by atoms with E-state index >= 15 is 0 Å². The maximum absolute atomic E-state index is 14.5. The Hall–Kier alpha value is -3.62. The highest BCUT2D eigenvalue weighted by atomic mass is 19.1. The molecule has 2 fully saturated rings. The van der Waals surface area contributed by atoms with Crippen molar-refractivity contribution >= 4 is 17.8 Å². The van der Waals surface area contributed by atoms with Crippen LogP contribution in [-0.4, -0.2) is 48.2 Å². The summed E-state index contributed by atoms with van der Waals surface area (Å²) in [6.07, 6.45) is 4.47. The molecule has 0 spiro atoms. The molecule has 0 saturated heterocycles. The third kappa shape index (κ3) is 6.94. The summed E-state index contributed by atoms with van der Waals surface area (Å²) < 4.78 is 25.9. The van der Waals surface area contributed by atoms with Crippen LogP contribution in [-0.2, 0) is 4.79 Å². The zero-order chi connectivity index (χ0) is 24.8. The van der Waals surface area contributed by atoms with Crippen LogP contribution in [0.15, 0.2) is 42.5 Å². The van der Waals surface area contributed by atoms with E-state index < -0.39 is 17.7 Å². The molecule has 35 heavy (non-hydrogen) atoms. The van der Waals surface area contributed by atoms with Crippen molar-refractivity contribution in [2.75, 3.05) is 13.1 Å². The maximum Gasteiger partial charge on any atom is 0.306 e. The number of aliphatic carboxylic acids is 1. The maximum atomic E-state index is 14.5. The lowest BCUT2D eigenvalue weighted by Gasteiger charge is -2.26. The normalized spacial score (nSPS) is 19.5. The van der Waals surface area contributed by atoms with E-state index in [-0.39, 0.29) is 42.7 Å². The smallest absolute Gasteiger partial charge is 0.306 e. The lowest BCUT2D eigenvalue weighted by atomic mass is 9.87. The molecule has 2 aromatic carbocycles. The predicted octanol–water partition coefficient (Wildman–Crippen LogP) is 3.55. The second-order valence-electron chi connectivity index (χ2n) is 8.92. The highest BCUT2D eigenvalue weighted by molar-refractivity contribution is 5.95. The summed E-state index contributed by atoms with van der Waals surface area (Å²) >= 11 is 0. The molecule has 3 N–H and O–H groups in total. The quantitative estimate of drug-likeness (QED) is 0.445. The Morgan fingerprint density at radius 3 is 1.91 bits per heavy atom. The first-order valence-electron chi connectivity index (χ1n) is 11.9. The molecule has 2 amide bonds. The van der Waals surface area contributed by atoms with E-state index in [0.29, 0.717) is 37.0 Å². The van der Waals surface area contributed by atoms with Crippen LogP contribution in [0.25, 0.3) is 0 Å². The molecule has 8 nitrogen and oxygen atoms in total. The van der Waals surface area contributed by atoms with Gasteiger partial charge in [-0.25, -0.2) is 4.39 Å². The number of amides is 2. The Kier molecular flexibility index (Phi) is 7.84. The van der Waals surface area contributed by atoms with Gasteiger partial charge in [0.25, 0.3) is 11.8 Å². The van der Waals surface area contributed by atoms with Crippen molar-refractivity contribution < 1.29 is 33.4 Å². The van der Waals surface area contributed by atoms with Gasteiger partial charge in [-0.05, 0) is 74.9 Å². The molecule has 2 aliphatic rings. The average Bonchev–Trinajstić information content (AvgIpc) is 3.66. The van der Waals surface area contributed by atoms with E-state index in [1.54, 1.807) is 24.3 Å². The van der Waals surface area contributed by atoms with Gasteiger partial charge in [0.2, 0.25) is 0 Å². The fourth-order valence-corrected chi connectivity index (χ4v) is 3.99. The van der Waals surface area contributed by atoms with E-state index in [1.165, 1.54) is 12.1 Å². The van der Waals surface area contributed by atoms with Crippen molar-refractivity contribution in [2.45, 2.75) is 50.7 Å². The zero-order valence-corrected chi connectivity index (χ0v) is 19.3. The molecule has 2 aliphatic carbocycles. The number of nitrogens with one attached hydrogen (secondary N) is 2. The highest BCUT2D eigenvalue weighted by Gasteiger charge is 2.27. The summed E-state index contributed by atoms with van der Waals surface area (Å²) in [5, 5.41) is 14.4. The molecule has 0 radical (unpaired) electrons. The summed E-state index contributed by atoms with van der Waals surface area (Å²) in [6.45, 7) is 0.324. The number of carboxylic acids is 1. The SMILES string of the molecule is O=C(NCCNC(=O)c1ccc(OC2CCC(C(=O)O)CC2)cc1F)c1ccc(OC2CC2)cc1. The molecule has 0 bridgehead atoms. The Morgan fingerprint density at radius 1 is 0.800 bits per heavy atom. The molecule has 0 unspecified atom stereocenters. The van der Waals surface area contributed by atoms with Gasteiger partial charge >= 0.3 is 5.97 Å². The Balaban J connectivity index is 1.19. The van der Waals surface area contributed by atoms with E-state index in [9.17, 15) is 18.8 Å². The standard InChI is InChI=1S/C26H29FN2O6/c27-23-15-21(35-19-7-3-17(4-8-19)26(32)33)11-12-22(23)25(31)29-14-13-28-24(30)16-1-5-18(6-2-16)34-20-9-10-20/h1-2,5-6,11-12,15,17,19-20H,3-4,7-10,13-14H2,(H,28,30)(H,29,31)(H,32,33). The van der Waals surface area contributed by atoms with Crippen molar-refractivity contribution in [3.05, 3.63) is 59.4 Å². The number of carbonyl (C=O) groups is 3. The summed E-state index contributed by atoms with van der Waals surface area (Å²) in [5.74, 6) is -1.68. The molecular weight excluding hydrogens is 455 g/mol. The van der Waals surface area contributed by atoms with Gasteiger partial charge in [0, 0.05) is 24.7 Å². The van der Waals surface area contributed by atoms with Crippen molar-refractivity contribution in [1.82, 2.24) is 10.6 Å². The van der Waals surface area contributed by atoms with Gasteiger partial charge < -0.3 is 25.2 Å². The van der Waals surface area contributed by atoms with Crippen molar-refractivity contribution in [1.29, 1.82) is 0 Å². The van der Waals surface area contributed by atoms with Crippen molar-refractivity contribution in [3.8, 4) is 11.5 Å². The minimum atomic E-state index is -0.794. The van der Waals surface area contributed by atoms with Crippen LogP contribution in [0, 0.1) is 11.7 Å². The van der Waals surface area contributed by atoms with Gasteiger partial charge in [0.1, 0.15) is 17.3 Å². The number of hydrogen-bond donors (Lipinski definition) is 3. The molecule has 0 heterocycles. The molecular formula is C26H29FN2O6. The third-order valence-corrected chi connectivity index (χ3v) is 6.15. The minimum Gasteiger partial charge on any atom is -0.490 e. The summed E-state index contributed by atoms with van der Waals surface area (Å²) in [5.41, 5.74) is 0.363. The van der Waals surface area contributed by atoms with Crippen LogP contribution in [0.4, 0.5) is 4.39 Å². The lowest BCUT2D eigenvalue weighted by Crippen LogP contribution is -2.35. The van der Waals surface area contributed by atoms with Crippen LogP contribution in [0.1, 0.15) is 59.2 Å². The van der Waals surface area contributed by atoms with Crippen molar-refractivity contribution in [2.24, 2.45) is 5.92 Å². The Morgan fingerprint density at radius 2 is 1.34 bits per heavy atom. The fraction of sp³-hybridized carbons (Fsp3) is 0.423. The van der Waals surface area contributed by atoms with Crippen LogP contribution < -0.4 is 20.1 Å². The second-order valence-corrected chi connectivity index (χ2v) is 8.92. The minimum absolute atomic E-state index is 0.121. The van der Waals surface area contributed by atoms with E-state index in [2.05, 4.69) is 10.6 Å². The number of benzene rings is 2. The Labute approximate surface area is 202 Å². The molecule has 0 atom stereocenters. The first kappa shape index (κ1) is 24.5. The number of hydrogen-bond acceptors (Lipinski definition) is 5. The molecule has 2 aromatic rings. The number of halogens is 1. The number of ether oxygens (including phenoxy) is 2. The van der Waals surface area contributed by atoms with Gasteiger partial charge in [-0.3, -0.25) is 14.4 Å². The zero-order valence-electron chi connectivity index (χ0n) is 19.3. The molecule has 0 aromatic heterocycles. The number of carboxylic acid groups (broad SMARTS) is 1. The summed E-state index contributed by atoms with van der Waals surface area (Å²) in [7, 11) is 0. The van der Waals surface area contributed by atoms with E-state index in [4.69, 9.17) is 14.6 Å². The van der Waals surface area contributed by atoms with Crippen LogP contribution in [0.3, 0.4) is 0 Å². The molecule has 186 valence electrons. The average molecular weight is 485 g/mol. The van der Waals surface area contributed by atoms with Gasteiger partial charge in [-0.2, -0.15) is 0 Å². The Bertz CT molecular complexity index is 1060. The second kappa shape index (κ2) is 11.2. The van der Waals surface area contributed by atoms with Gasteiger partial charge in [0.15, 0.2) is 0 Å². The largest absolute Gasteiger partial charge is 0.490 e. The fourth-order valence-electron chi connectivity index (χ4n) is 3.99. The topological polar surface area (TPSA) is 114 Å². The molecule has 0 aliphatic heterocycles. The number of rotatable bonds is 10. The third-order valence-electron chi connectivity index (χ3n) is 6.15. The van der Waals surface area contributed by atoms with Gasteiger partial charge in [-0.15, -0.1) is 0 Å². The van der Waals surface area contributed by atoms with Crippen molar-refractivity contribution in [3.63, 3.8) is 0 Å². The lowest BCUT2D eigenvalue weighted by molar-refractivity contribution is -0.143. The summed E-state index contributed by atoms with van der Waals surface area (Å²) in [4.78, 5) is 35.6.